The SMILES string of the molecule is O/N=C1/C[C@@H]2C=CC=C[C@@H]3[C@@H]1[C@@H]32. The minimum atomic E-state index is 0.571. The lowest BCUT2D eigenvalue weighted by molar-refractivity contribution is 0.316. The standard InChI is InChI=1S/C10H11NO/c12-11-8-5-6-3-1-2-4-7-9(6)10(7)8/h1-4,6-7,9-10,12H,5H2/b11-8-/t6-,7-,9+,10-/m0/s1. The molecule has 0 saturated heterocycles. The van der Waals surface area contributed by atoms with Crippen LogP contribution < -0.4 is 0 Å². The van der Waals surface area contributed by atoms with Gasteiger partial charge in [0.15, 0.2) is 0 Å². The van der Waals surface area contributed by atoms with E-state index in [1.807, 2.05) is 0 Å². The summed E-state index contributed by atoms with van der Waals surface area (Å²) in [6.45, 7) is 0. The van der Waals surface area contributed by atoms with Gasteiger partial charge in [-0.3, -0.25) is 0 Å². The normalized spacial score (nSPS) is 50.8. The van der Waals surface area contributed by atoms with Crippen LogP contribution in [0.4, 0.5) is 0 Å². The second-order valence-corrected chi connectivity index (χ2v) is 3.91. The van der Waals surface area contributed by atoms with Crippen LogP contribution in [0, 0.1) is 23.7 Å². The molecule has 3 aliphatic carbocycles. The van der Waals surface area contributed by atoms with Gasteiger partial charge in [-0.05, 0) is 24.2 Å². The van der Waals surface area contributed by atoms with Gasteiger partial charge >= 0.3 is 0 Å². The lowest BCUT2D eigenvalue weighted by Crippen LogP contribution is -2.03. The van der Waals surface area contributed by atoms with Crippen molar-refractivity contribution in [1.82, 2.24) is 0 Å². The molecule has 0 aromatic carbocycles. The van der Waals surface area contributed by atoms with Crippen LogP contribution in [-0.4, -0.2) is 10.9 Å². The number of rotatable bonds is 0. The molecule has 2 saturated carbocycles. The first-order chi connectivity index (χ1) is 5.92. The molecule has 3 rings (SSSR count). The zero-order chi connectivity index (χ0) is 8.13. The summed E-state index contributed by atoms with van der Waals surface area (Å²) in [6.07, 6.45) is 9.71. The predicted octanol–water partition coefficient (Wildman–Crippen LogP) is 1.82. The summed E-state index contributed by atoms with van der Waals surface area (Å²) in [5, 5.41) is 12.1. The second kappa shape index (κ2) is 2.00. The molecule has 0 amide bonds. The molecule has 0 aromatic rings. The van der Waals surface area contributed by atoms with Crippen molar-refractivity contribution in [2.75, 3.05) is 0 Å². The van der Waals surface area contributed by atoms with Crippen LogP contribution in [0.5, 0.6) is 0 Å². The van der Waals surface area contributed by atoms with Crippen molar-refractivity contribution >= 4 is 5.71 Å². The Kier molecular flexibility index (Phi) is 1.08. The van der Waals surface area contributed by atoms with Gasteiger partial charge in [0, 0.05) is 5.92 Å². The molecule has 2 fully saturated rings. The first kappa shape index (κ1) is 6.46. The van der Waals surface area contributed by atoms with E-state index >= 15 is 0 Å². The number of nitrogens with zero attached hydrogens (tertiary/aromatic N) is 1. The molecule has 3 aliphatic rings. The number of fused-ring (bicyclic) bond motifs is 1. The van der Waals surface area contributed by atoms with Crippen molar-refractivity contribution in [1.29, 1.82) is 0 Å². The van der Waals surface area contributed by atoms with E-state index in [4.69, 9.17) is 5.21 Å². The second-order valence-electron chi connectivity index (χ2n) is 3.91. The Morgan fingerprint density at radius 1 is 1.33 bits per heavy atom. The number of hydrogen-bond acceptors (Lipinski definition) is 2. The Morgan fingerprint density at radius 2 is 2.17 bits per heavy atom. The van der Waals surface area contributed by atoms with Crippen molar-refractivity contribution in [2.45, 2.75) is 6.42 Å². The number of oxime groups is 1. The molecule has 0 heterocycles. The van der Waals surface area contributed by atoms with Crippen LogP contribution in [0.2, 0.25) is 0 Å². The van der Waals surface area contributed by atoms with Gasteiger partial charge < -0.3 is 5.21 Å². The maximum Gasteiger partial charge on any atom is 0.0616 e. The quantitative estimate of drug-likeness (QED) is 0.426. The first-order valence-corrected chi connectivity index (χ1v) is 4.47. The van der Waals surface area contributed by atoms with Gasteiger partial charge in [0.2, 0.25) is 0 Å². The average Bonchev–Trinajstić information content (AvgIpc) is 2.69. The summed E-state index contributed by atoms with van der Waals surface area (Å²) in [7, 11) is 0. The predicted molar refractivity (Wildman–Crippen MR) is 46.1 cm³/mol. The fourth-order valence-corrected chi connectivity index (χ4v) is 2.82. The van der Waals surface area contributed by atoms with Gasteiger partial charge in [0.1, 0.15) is 0 Å². The van der Waals surface area contributed by atoms with Crippen molar-refractivity contribution in [3.8, 4) is 0 Å². The van der Waals surface area contributed by atoms with Gasteiger partial charge in [-0.2, -0.15) is 0 Å². The minimum Gasteiger partial charge on any atom is -0.411 e. The Labute approximate surface area is 71.3 Å². The average molecular weight is 161 g/mol. The summed E-state index contributed by atoms with van der Waals surface area (Å²) < 4.78 is 0. The third kappa shape index (κ3) is 0.631. The smallest absolute Gasteiger partial charge is 0.0616 e. The van der Waals surface area contributed by atoms with E-state index in [0.717, 1.165) is 18.1 Å². The van der Waals surface area contributed by atoms with Crippen molar-refractivity contribution in [3.63, 3.8) is 0 Å². The maximum atomic E-state index is 8.75. The summed E-state index contributed by atoms with van der Waals surface area (Å²) in [4.78, 5) is 0. The zero-order valence-electron chi connectivity index (χ0n) is 6.72. The van der Waals surface area contributed by atoms with E-state index in [-0.39, 0.29) is 0 Å². The summed E-state index contributed by atoms with van der Waals surface area (Å²) in [6, 6.07) is 0. The molecule has 4 atom stereocenters. The highest BCUT2D eigenvalue weighted by Gasteiger charge is 2.60. The Bertz CT molecular complexity index is 301. The molecular formula is C10H11NO. The third-order valence-electron chi connectivity index (χ3n) is 3.39. The topological polar surface area (TPSA) is 32.6 Å². The van der Waals surface area contributed by atoms with E-state index < -0.39 is 0 Å². The van der Waals surface area contributed by atoms with Crippen LogP contribution in [0.25, 0.3) is 0 Å². The van der Waals surface area contributed by atoms with E-state index in [0.29, 0.717) is 17.8 Å². The Hall–Kier alpha value is -1.05. The van der Waals surface area contributed by atoms with Crippen molar-refractivity contribution < 1.29 is 5.21 Å². The summed E-state index contributed by atoms with van der Waals surface area (Å²) in [5.74, 6) is 2.64. The molecule has 0 bridgehead atoms. The zero-order valence-corrected chi connectivity index (χ0v) is 6.72. The molecule has 1 N–H and O–H groups in total. The van der Waals surface area contributed by atoms with Gasteiger partial charge in [-0.15, -0.1) is 0 Å². The van der Waals surface area contributed by atoms with E-state index in [2.05, 4.69) is 29.5 Å². The monoisotopic (exact) mass is 161 g/mol. The molecule has 0 aliphatic heterocycles. The highest BCUT2D eigenvalue weighted by atomic mass is 16.4. The van der Waals surface area contributed by atoms with Gasteiger partial charge in [0.25, 0.3) is 0 Å². The lowest BCUT2D eigenvalue weighted by atomic mass is 10.0. The fraction of sp³-hybridized carbons (Fsp3) is 0.500. The van der Waals surface area contributed by atoms with Crippen LogP contribution >= 0.6 is 0 Å². The fourth-order valence-electron chi connectivity index (χ4n) is 2.82. The molecular weight excluding hydrogens is 150 g/mol. The lowest BCUT2D eigenvalue weighted by Gasteiger charge is -2.05. The van der Waals surface area contributed by atoms with Crippen molar-refractivity contribution in [2.24, 2.45) is 28.8 Å². The summed E-state index contributed by atoms with van der Waals surface area (Å²) >= 11 is 0. The van der Waals surface area contributed by atoms with Gasteiger partial charge in [-0.1, -0.05) is 29.5 Å². The van der Waals surface area contributed by atoms with E-state index in [1.54, 1.807) is 0 Å². The minimum absolute atomic E-state index is 0.571. The highest BCUT2D eigenvalue weighted by molar-refractivity contribution is 5.93. The molecule has 2 heteroatoms. The summed E-state index contributed by atoms with van der Waals surface area (Å²) in [5.41, 5.74) is 1.02. The van der Waals surface area contributed by atoms with Gasteiger partial charge in [-0.25, -0.2) is 0 Å². The Balaban J connectivity index is 2.00. The van der Waals surface area contributed by atoms with E-state index in [9.17, 15) is 0 Å². The molecule has 0 unspecified atom stereocenters. The number of allylic oxidation sites excluding steroid dienone is 4. The van der Waals surface area contributed by atoms with Crippen LogP contribution in [0.1, 0.15) is 6.42 Å². The maximum absolute atomic E-state index is 8.75. The third-order valence-corrected chi connectivity index (χ3v) is 3.39. The molecule has 62 valence electrons. The molecule has 0 radical (unpaired) electrons. The molecule has 2 nitrogen and oxygen atoms in total. The number of hydrogen-bond donors (Lipinski definition) is 1. The molecule has 12 heavy (non-hydrogen) atoms. The molecule has 0 aromatic heterocycles. The first-order valence-electron chi connectivity index (χ1n) is 4.47. The van der Waals surface area contributed by atoms with Crippen molar-refractivity contribution in [3.05, 3.63) is 24.3 Å². The van der Waals surface area contributed by atoms with Crippen LogP contribution in [0.3, 0.4) is 0 Å². The van der Waals surface area contributed by atoms with Gasteiger partial charge in [0.05, 0.1) is 5.71 Å². The van der Waals surface area contributed by atoms with Crippen LogP contribution in [0.15, 0.2) is 29.5 Å². The van der Waals surface area contributed by atoms with E-state index in [1.165, 1.54) is 0 Å². The molecule has 0 spiro atoms. The van der Waals surface area contributed by atoms with Crippen LogP contribution in [-0.2, 0) is 0 Å². The Morgan fingerprint density at radius 3 is 3.00 bits per heavy atom. The largest absolute Gasteiger partial charge is 0.411 e. The highest BCUT2D eigenvalue weighted by Crippen LogP contribution is 2.60.